The number of nitrogens with zero attached hydrogens (tertiary/aromatic N) is 1. The quantitative estimate of drug-likeness (QED) is 0.871. The van der Waals surface area contributed by atoms with E-state index in [9.17, 15) is 5.11 Å². The summed E-state index contributed by atoms with van der Waals surface area (Å²) in [4.78, 5) is 2.56. The maximum atomic E-state index is 9.68. The summed E-state index contributed by atoms with van der Waals surface area (Å²) in [5.74, 6) is 0.352. The number of morpholine rings is 1. The molecule has 2 aliphatic rings. The van der Waals surface area contributed by atoms with Gasteiger partial charge in [0.05, 0.1) is 12.7 Å². The second-order valence-electron chi connectivity index (χ2n) is 5.32. The average molecular weight is 247 g/mol. The number of ether oxygens (including phenoxy) is 1. The molecule has 1 saturated heterocycles. The Bertz CT molecular complexity index is 431. The first-order chi connectivity index (χ1) is 8.79. The summed E-state index contributed by atoms with van der Waals surface area (Å²) in [7, 11) is 0. The van der Waals surface area contributed by atoms with Gasteiger partial charge in [-0.05, 0) is 49.1 Å². The van der Waals surface area contributed by atoms with E-state index >= 15 is 0 Å². The van der Waals surface area contributed by atoms with E-state index in [4.69, 9.17) is 4.74 Å². The predicted octanol–water partition coefficient (Wildman–Crippen LogP) is 2.49. The van der Waals surface area contributed by atoms with Crippen LogP contribution in [0.1, 0.15) is 37.0 Å². The van der Waals surface area contributed by atoms with Crippen molar-refractivity contribution in [1.29, 1.82) is 0 Å². The van der Waals surface area contributed by atoms with E-state index in [0.717, 1.165) is 26.1 Å². The predicted molar refractivity (Wildman–Crippen MR) is 70.8 cm³/mol. The largest absolute Gasteiger partial charge is 0.508 e. The molecule has 0 aromatic heterocycles. The van der Waals surface area contributed by atoms with Gasteiger partial charge in [0.15, 0.2) is 0 Å². The van der Waals surface area contributed by atoms with E-state index in [2.05, 4.69) is 11.8 Å². The zero-order valence-corrected chi connectivity index (χ0v) is 10.9. The highest BCUT2D eigenvalue weighted by Crippen LogP contribution is 2.39. The van der Waals surface area contributed by atoms with Crippen molar-refractivity contribution in [2.24, 2.45) is 0 Å². The van der Waals surface area contributed by atoms with E-state index in [1.165, 1.54) is 24.0 Å². The summed E-state index contributed by atoms with van der Waals surface area (Å²) in [6, 6.07) is 6.21. The summed E-state index contributed by atoms with van der Waals surface area (Å²) in [6.45, 7) is 5.23. The van der Waals surface area contributed by atoms with Crippen LogP contribution < -0.4 is 0 Å². The fraction of sp³-hybridized carbons (Fsp3) is 0.600. The first-order valence-electron chi connectivity index (χ1n) is 6.97. The molecule has 0 amide bonds. The maximum Gasteiger partial charge on any atom is 0.115 e. The molecule has 0 unspecified atom stereocenters. The van der Waals surface area contributed by atoms with Gasteiger partial charge in [0.25, 0.3) is 0 Å². The van der Waals surface area contributed by atoms with E-state index in [-0.39, 0.29) is 6.10 Å². The van der Waals surface area contributed by atoms with Crippen LogP contribution in [0.2, 0.25) is 0 Å². The summed E-state index contributed by atoms with van der Waals surface area (Å²) in [5, 5.41) is 9.68. The molecule has 3 heteroatoms. The number of hydrogen-bond donors (Lipinski definition) is 1. The van der Waals surface area contributed by atoms with Crippen molar-refractivity contribution in [3.63, 3.8) is 0 Å². The molecule has 0 bridgehead atoms. The fourth-order valence-electron chi connectivity index (χ4n) is 3.34. The summed E-state index contributed by atoms with van der Waals surface area (Å²) in [5.41, 5.74) is 2.54. The third-order valence-corrected chi connectivity index (χ3v) is 4.15. The Balaban J connectivity index is 1.91. The van der Waals surface area contributed by atoms with Gasteiger partial charge in [-0.3, -0.25) is 4.90 Å². The Kier molecular flexibility index (Phi) is 3.27. The van der Waals surface area contributed by atoms with Gasteiger partial charge in [0.2, 0.25) is 0 Å². The lowest BCUT2D eigenvalue weighted by Crippen LogP contribution is -2.49. The van der Waals surface area contributed by atoms with Gasteiger partial charge in [-0.25, -0.2) is 0 Å². The number of hydrogen-bond acceptors (Lipinski definition) is 3. The molecule has 0 spiro atoms. The first-order valence-corrected chi connectivity index (χ1v) is 6.97. The van der Waals surface area contributed by atoms with Crippen LogP contribution in [-0.4, -0.2) is 35.7 Å². The highest BCUT2D eigenvalue weighted by Gasteiger charge is 2.36. The van der Waals surface area contributed by atoms with E-state index in [1.807, 2.05) is 12.1 Å². The highest BCUT2D eigenvalue weighted by atomic mass is 16.5. The molecule has 1 aliphatic heterocycles. The Labute approximate surface area is 108 Å². The van der Waals surface area contributed by atoms with Crippen molar-refractivity contribution < 1.29 is 9.84 Å². The van der Waals surface area contributed by atoms with Crippen molar-refractivity contribution in [2.75, 3.05) is 19.7 Å². The van der Waals surface area contributed by atoms with Crippen molar-refractivity contribution in [3.8, 4) is 5.75 Å². The van der Waals surface area contributed by atoms with Gasteiger partial charge in [0, 0.05) is 12.6 Å². The lowest BCUT2D eigenvalue weighted by atomic mass is 9.84. The molecule has 1 aliphatic carbocycles. The topological polar surface area (TPSA) is 32.7 Å². The summed E-state index contributed by atoms with van der Waals surface area (Å²) < 4.78 is 5.99. The molecule has 1 aromatic rings. The fourth-order valence-corrected chi connectivity index (χ4v) is 3.34. The van der Waals surface area contributed by atoms with Crippen molar-refractivity contribution in [3.05, 3.63) is 29.3 Å². The number of phenolic OH excluding ortho intramolecular Hbond substituents is 1. The van der Waals surface area contributed by atoms with Crippen LogP contribution in [0.4, 0.5) is 0 Å². The molecule has 1 heterocycles. The molecule has 3 rings (SSSR count). The molecule has 1 aromatic carbocycles. The minimum absolute atomic E-state index is 0.154. The SMILES string of the molecule is CCCN1CCO[C@@H]2c3cc(O)ccc3CC[C@@H]21. The molecule has 1 fully saturated rings. The van der Waals surface area contributed by atoms with Crippen LogP contribution in [0.25, 0.3) is 0 Å². The van der Waals surface area contributed by atoms with Gasteiger partial charge in [0.1, 0.15) is 5.75 Å². The Morgan fingerprint density at radius 2 is 2.33 bits per heavy atom. The minimum Gasteiger partial charge on any atom is -0.508 e. The van der Waals surface area contributed by atoms with Crippen molar-refractivity contribution in [2.45, 2.75) is 38.3 Å². The van der Waals surface area contributed by atoms with Crippen molar-refractivity contribution >= 4 is 0 Å². The zero-order valence-electron chi connectivity index (χ0n) is 10.9. The minimum atomic E-state index is 0.154. The number of benzene rings is 1. The molecule has 0 radical (unpaired) electrons. The third kappa shape index (κ3) is 2.02. The molecule has 0 saturated carbocycles. The number of fused-ring (bicyclic) bond motifs is 3. The Morgan fingerprint density at radius 1 is 1.44 bits per heavy atom. The van der Waals surface area contributed by atoms with Crippen LogP contribution in [0.15, 0.2) is 18.2 Å². The van der Waals surface area contributed by atoms with Gasteiger partial charge in [-0.15, -0.1) is 0 Å². The number of phenols is 1. The monoisotopic (exact) mass is 247 g/mol. The molecular formula is C15H21NO2. The van der Waals surface area contributed by atoms with E-state index in [1.54, 1.807) is 6.07 Å². The molecule has 3 nitrogen and oxygen atoms in total. The average Bonchev–Trinajstić information content (AvgIpc) is 2.39. The molecule has 2 atom stereocenters. The van der Waals surface area contributed by atoms with Gasteiger partial charge in [-0.1, -0.05) is 13.0 Å². The van der Waals surface area contributed by atoms with Crippen LogP contribution in [0.5, 0.6) is 5.75 Å². The van der Waals surface area contributed by atoms with Crippen LogP contribution in [0.3, 0.4) is 0 Å². The third-order valence-electron chi connectivity index (χ3n) is 4.15. The van der Waals surface area contributed by atoms with Gasteiger partial charge in [-0.2, -0.15) is 0 Å². The summed E-state index contributed by atoms with van der Waals surface area (Å²) in [6.07, 6.45) is 3.61. The molecule has 1 N–H and O–H groups in total. The number of aromatic hydroxyl groups is 1. The summed E-state index contributed by atoms with van der Waals surface area (Å²) >= 11 is 0. The second kappa shape index (κ2) is 4.90. The zero-order chi connectivity index (χ0) is 12.5. The number of rotatable bonds is 2. The molecule has 98 valence electrons. The van der Waals surface area contributed by atoms with Crippen LogP contribution in [-0.2, 0) is 11.2 Å². The lowest BCUT2D eigenvalue weighted by Gasteiger charge is -2.44. The molecular weight excluding hydrogens is 226 g/mol. The van der Waals surface area contributed by atoms with E-state index in [0.29, 0.717) is 11.8 Å². The van der Waals surface area contributed by atoms with Gasteiger partial charge < -0.3 is 9.84 Å². The highest BCUT2D eigenvalue weighted by molar-refractivity contribution is 5.39. The Morgan fingerprint density at radius 3 is 3.17 bits per heavy atom. The normalized spacial score (nSPS) is 27.6. The van der Waals surface area contributed by atoms with E-state index < -0.39 is 0 Å². The Hall–Kier alpha value is -1.06. The number of aryl methyl sites for hydroxylation is 1. The lowest BCUT2D eigenvalue weighted by molar-refractivity contribution is -0.0801. The van der Waals surface area contributed by atoms with Crippen LogP contribution in [0, 0.1) is 0 Å². The maximum absolute atomic E-state index is 9.68. The molecule has 18 heavy (non-hydrogen) atoms. The van der Waals surface area contributed by atoms with Crippen LogP contribution >= 0.6 is 0 Å². The second-order valence-corrected chi connectivity index (χ2v) is 5.32. The standard InChI is InChI=1S/C15H21NO2/c1-2-7-16-8-9-18-15-13-10-12(17)5-3-11(13)4-6-14(15)16/h3,5,10,14-15,17H,2,4,6-9H2,1H3/t14-,15+/m0/s1. The smallest absolute Gasteiger partial charge is 0.115 e. The van der Waals surface area contributed by atoms with Crippen molar-refractivity contribution in [1.82, 2.24) is 4.90 Å². The van der Waals surface area contributed by atoms with Gasteiger partial charge >= 0.3 is 0 Å². The first kappa shape index (κ1) is 12.0.